The molecule has 0 spiro atoms. The van der Waals surface area contributed by atoms with Crippen molar-refractivity contribution in [2.45, 2.75) is 25.3 Å². The quantitative estimate of drug-likeness (QED) is 0.444. The Bertz CT molecular complexity index is 1210. The maximum atomic E-state index is 12.3. The van der Waals surface area contributed by atoms with Crippen LogP contribution in [-0.2, 0) is 16.6 Å². The summed E-state index contributed by atoms with van der Waals surface area (Å²) in [4.78, 5) is 22.0. The predicted molar refractivity (Wildman–Crippen MR) is 103 cm³/mol. The maximum Gasteiger partial charge on any atom is 0.269 e. The number of nitrogens with one attached hydrogen (secondary N) is 1. The molecule has 2 heterocycles. The Morgan fingerprint density at radius 3 is 2.38 bits per heavy atom. The SMILES string of the molecule is Cc1cc(C)n(-c2ccc(=O)n(CCNS(=O)(=O)c3ccc([N+](=O)[O-])cc3)n2)n1. The first-order chi connectivity index (χ1) is 13.7. The van der Waals surface area contributed by atoms with Gasteiger partial charge in [0, 0.05) is 30.4 Å². The van der Waals surface area contributed by atoms with Crippen LogP contribution in [0.5, 0.6) is 0 Å². The van der Waals surface area contributed by atoms with Crippen LogP contribution in [0.1, 0.15) is 11.4 Å². The van der Waals surface area contributed by atoms with Crippen LogP contribution in [-0.4, -0.2) is 39.4 Å². The number of hydrogen-bond donors (Lipinski definition) is 1. The summed E-state index contributed by atoms with van der Waals surface area (Å²) >= 11 is 0. The average molecular weight is 418 g/mol. The van der Waals surface area contributed by atoms with E-state index < -0.39 is 14.9 Å². The zero-order chi connectivity index (χ0) is 21.2. The summed E-state index contributed by atoms with van der Waals surface area (Å²) in [6, 6.07) is 9.26. The lowest BCUT2D eigenvalue weighted by molar-refractivity contribution is -0.384. The van der Waals surface area contributed by atoms with Crippen molar-refractivity contribution < 1.29 is 13.3 Å². The molecule has 2 aromatic heterocycles. The summed E-state index contributed by atoms with van der Waals surface area (Å²) in [5.41, 5.74) is 1.06. The molecule has 0 atom stereocenters. The second-order valence-corrected chi connectivity index (χ2v) is 8.01. The monoisotopic (exact) mass is 418 g/mol. The fourth-order valence-electron chi connectivity index (χ4n) is 2.69. The Balaban J connectivity index is 1.73. The molecule has 11 nitrogen and oxygen atoms in total. The van der Waals surface area contributed by atoms with Crippen molar-refractivity contribution in [3.63, 3.8) is 0 Å². The van der Waals surface area contributed by atoms with Crippen molar-refractivity contribution in [1.82, 2.24) is 24.3 Å². The van der Waals surface area contributed by atoms with Crippen molar-refractivity contribution in [1.29, 1.82) is 0 Å². The summed E-state index contributed by atoms with van der Waals surface area (Å²) in [6.07, 6.45) is 0. The van der Waals surface area contributed by atoms with Crippen molar-refractivity contribution in [2.75, 3.05) is 6.54 Å². The first kappa shape index (κ1) is 20.4. The second kappa shape index (κ2) is 7.93. The molecule has 0 unspecified atom stereocenters. The van der Waals surface area contributed by atoms with E-state index in [1.165, 1.54) is 6.07 Å². The third kappa shape index (κ3) is 4.55. The zero-order valence-corrected chi connectivity index (χ0v) is 16.5. The van der Waals surface area contributed by atoms with Gasteiger partial charge in [-0.2, -0.15) is 5.10 Å². The van der Waals surface area contributed by atoms with Gasteiger partial charge in [-0.3, -0.25) is 14.9 Å². The van der Waals surface area contributed by atoms with Gasteiger partial charge >= 0.3 is 0 Å². The molecule has 0 radical (unpaired) electrons. The fourth-order valence-corrected chi connectivity index (χ4v) is 3.71. The molecule has 0 aliphatic rings. The lowest BCUT2D eigenvalue weighted by atomic mass is 10.3. The third-order valence-corrected chi connectivity index (χ3v) is 5.53. The topological polar surface area (TPSA) is 142 Å². The Morgan fingerprint density at radius 2 is 1.79 bits per heavy atom. The summed E-state index contributed by atoms with van der Waals surface area (Å²) in [6.45, 7) is 3.60. The zero-order valence-electron chi connectivity index (χ0n) is 15.6. The Morgan fingerprint density at radius 1 is 1.10 bits per heavy atom. The number of non-ortho nitro benzene ring substituents is 1. The summed E-state index contributed by atoms with van der Waals surface area (Å²) < 4.78 is 29.7. The Kier molecular flexibility index (Phi) is 5.57. The molecule has 3 rings (SSSR count). The highest BCUT2D eigenvalue weighted by atomic mass is 32.2. The van der Waals surface area contributed by atoms with Crippen LogP contribution in [0, 0.1) is 24.0 Å². The number of nitrogens with zero attached hydrogens (tertiary/aromatic N) is 5. The van der Waals surface area contributed by atoms with E-state index in [-0.39, 0.29) is 29.2 Å². The molecule has 0 fully saturated rings. The molecular formula is C17H18N6O5S. The highest BCUT2D eigenvalue weighted by Gasteiger charge is 2.16. The van der Waals surface area contributed by atoms with E-state index in [1.807, 2.05) is 19.9 Å². The van der Waals surface area contributed by atoms with Crippen molar-refractivity contribution >= 4 is 15.7 Å². The number of rotatable bonds is 7. The number of sulfonamides is 1. The predicted octanol–water partition coefficient (Wildman–Crippen LogP) is 0.933. The minimum absolute atomic E-state index is 0.00180. The van der Waals surface area contributed by atoms with Crippen LogP contribution in [0.25, 0.3) is 5.82 Å². The van der Waals surface area contributed by atoms with Crippen LogP contribution in [0.2, 0.25) is 0 Å². The van der Waals surface area contributed by atoms with Crippen LogP contribution >= 0.6 is 0 Å². The molecule has 0 saturated heterocycles. The van der Waals surface area contributed by atoms with Crippen LogP contribution < -0.4 is 10.3 Å². The average Bonchev–Trinajstić information content (AvgIpc) is 3.01. The molecular weight excluding hydrogens is 400 g/mol. The molecule has 0 aliphatic heterocycles. The van der Waals surface area contributed by atoms with Gasteiger partial charge in [0.2, 0.25) is 10.0 Å². The van der Waals surface area contributed by atoms with E-state index in [9.17, 15) is 23.3 Å². The second-order valence-electron chi connectivity index (χ2n) is 6.24. The molecule has 3 aromatic rings. The minimum atomic E-state index is -3.88. The standard InChI is InChI=1S/C17H18N6O5S/c1-12-11-13(2)22(19-12)16-7-8-17(24)21(20-16)10-9-18-29(27,28)15-5-3-14(4-6-15)23(25)26/h3-8,11,18H,9-10H2,1-2H3. The lowest BCUT2D eigenvalue weighted by Gasteiger charge is -2.10. The van der Waals surface area contributed by atoms with E-state index in [4.69, 9.17) is 0 Å². The van der Waals surface area contributed by atoms with Gasteiger partial charge in [-0.25, -0.2) is 22.5 Å². The Labute approximate surface area is 165 Å². The van der Waals surface area contributed by atoms with Gasteiger partial charge < -0.3 is 0 Å². The first-order valence-electron chi connectivity index (χ1n) is 8.53. The molecule has 29 heavy (non-hydrogen) atoms. The molecule has 0 bridgehead atoms. The highest BCUT2D eigenvalue weighted by Crippen LogP contribution is 2.15. The van der Waals surface area contributed by atoms with Crippen molar-refractivity contribution in [2.24, 2.45) is 0 Å². The Hall–Kier alpha value is -3.38. The van der Waals surface area contributed by atoms with Crippen LogP contribution in [0.15, 0.2) is 52.2 Å². The van der Waals surface area contributed by atoms with Crippen molar-refractivity contribution in [3.8, 4) is 5.82 Å². The molecule has 0 aliphatic carbocycles. The summed E-state index contributed by atoms with van der Waals surface area (Å²) in [5.74, 6) is 0.438. The van der Waals surface area contributed by atoms with E-state index in [1.54, 1.807) is 10.7 Å². The van der Waals surface area contributed by atoms with E-state index in [2.05, 4.69) is 14.9 Å². The fraction of sp³-hybridized carbons (Fsp3) is 0.235. The third-order valence-electron chi connectivity index (χ3n) is 4.05. The van der Waals surface area contributed by atoms with E-state index >= 15 is 0 Å². The van der Waals surface area contributed by atoms with Gasteiger partial charge in [0.05, 0.1) is 22.1 Å². The number of benzene rings is 1. The maximum absolute atomic E-state index is 12.3. The largest absolute Gasteiger partial charge is 0.269 e. The summed E-state index contributed by atoms with van der Waals surface area (Å²) in [7, 11) is -3.88. The molecule has 0 amide bonds. The normalized spacial score (nSPS) is 11.5. The molecule has 12 heteroatoms. The molecule has 152 valence electrons. The number of aryl methyl sites for hydroxylation is 2. The van der Waals surface area contributed by atoms with Gasteiger partial charge in [-0.15, -0.1) is 5.10 Å². The molecule has 1 aromatic carbocycles. The van der Waals surface area contributed by atoms with Gasteiger partial charge in [0.1, 0.15) is 0 Å². The van der Waals surface area contributed by atoms with Crippen molar-refractivity contribution in [3.05, 3.63) is 74.3 Å². The number of aromatic nitrogens is 4. The van der Waals surface area contributed by atoms with Gasteiger partial charge in [0.15, 0.2) is 5.82 Å². The first-order valence-corrected chi connectivity index (χ1v) is 10.0. The smallest absolute Gasteiger partial charge is 0.268 e. The lowest BCUT2D eigenvalue weighted by Crippen LogP contribution is -2.32. The van der Waals surface area contributed by atoms with Gasteiger partial charge in [-0.05, 0) is 38.1 Å². The van der Waals surface area contributed by atoms with Crippen LogP contribution in [0.3, 0.4) is 0 Å². The van der Waals surface area contributed by atoms with E-state index in [0.717, 1.165) is 40.3 Å². The molecule has 1 N–H and O–H groups in total. The number of nitro benzene ring substituents is 1. The van der Waals surface area contributed by atoms with Gasteiger partial charge in [0.25, 0.3) is 11.2 Å². The van der Waals surface area contributed by atoms with Crippen LogP contribution in [0.4, 0.5) is 5.69 Å². The number of hydrogen-bond acceptors (Lipinski definition) is 7. The minimum Gasteiger partial charge on any atom is -0.268 e. The highest BCUT2D eigenvalue weighted by molar-refractivity contribution is 7.89. The van der Waals surface area contributed by atoms with E-state index in [0.29, 0.717) is 5.82 Å². The molecule has 0 saturated carbocycles. The van der Waals surface area contributed by atoms with Gasteiger partial charge in [-0.1, -0.05) is 0 Å². The summed E-state index contributed by atoms with van der Waals surface area (Å²) in [5, 5.41) is 19.2. The number of nitro groups is 1.